The highest BCUT2D eigenvalue weighted by atomic mass is 79.9. The molecule has 5 nitrogen and oxygen atoms in total. The first-order valence-electron chi connectivity index (χ1n) is 6.69. The van der Waals surface area contributed by atoms with Crippen LogP contribution in [0.5, 0.6) is 0 Å². The summed E-state index contributed by atoms with van der Waals surface area (Å²) in [5.74, 6) is -0.237. The molecule has 0 radical (unpaired) electrons. The maximum atomic E-state index is 12.0. The van der Waals surface area contributed by atoms with Crippen LogP contribution in [0.4, 0.5) is 0 Å². The summed E-state index contributed by atoms with van der Waals surface area (Å²) in [4.78, 5) is 14.2. The summed E-state index contributed by atoms with van der Waals surface area (Å²) in [6.45, 7) is 1.87. The van der Waals surface area contributed by atoms with Crippen LogP contribution in [0.25, 0.3) is 0 Å². The van der Waals surface area contributed by atoms with Crippen molar-refractivity contribution >= 4 is 31.7 Å². The van der Waals surface area contributed by atoms with Crippen LogP contribution in [0.1, 0.15) is 15.9 Å². The lowest BCUT2D eigenvalue weighted by Gasteiger charge is -2.06. The predicted octanol–water partition coefficient (Wildman–Crippen LogP) is 2.94. The Labute approximate surface area is 143 Å². The van der Waals surface area contributed by atoms with Crippen LogP contribution in [-0.2, 0) is 10.0 Å². The smallest absolute Gasteiger partial charge is 0.257 e. The Balaban J connectivity index is 1.94. The molecule has 0 aliphatic carbocycles. The van der Waals surface area contributed by atoms with Crippen molar-refractivity contribution in [2.24, 2.45) is 0 Å². The number of carbonyl (C=O) groups is 1. The minimum absolute atomic E-state index is 0.142. The molecule has 0 saturated heterocycles. The number of hydrogen-bond donors (Lipinski definition) is 2. The number of halogens is 1. The van der Waals surface area contributed by atoms with E-state index in [1.165, 1.54) is 24.4 Å². The maximum absolute atomic E-state index is 12.0. The van der Waals surface area contributed by atoms with E-state index in [0.29, 0.717) is 5.56 Å². The lowest BCUT2D eigenvalue weighted by atomic mass is 10.1. The molecule has 0 aliphatic rings. The van der Waals surface area contributed by atoms with Crippen molar-refractivity contribution in [3.63, 3.8) is 0 Å². The second-order valence-corrected chi connectivity index (χ2v) is 7.37. The molecule has 0 fully saturated rings. The molecule has 0 atom stereocenters. The summed E-state index contributed by atoms with van der Waals surface area (Å²) < 4.78 is 24.9. The minimum Gasteiger partial charge on any atom is -0.315 e. The van der Waals surface area contributed by atoms with E-state index in [0.717, 1.165) is 10.0 Å². The molecule has 120 valence electrons. The number of rotatable bonds is 6. The fourth-order valence-corrected chi connectivity index (χ4v) is 2.82. The molecule has 0 aromatic heterocycles. The highest BCUT2D eigenvalue weighted by Gasteiger charge is 2.11. The van der Waals surface area contributed by atoms with Gasteiger partial charge in [-0.3, -0.25) is 4.79 Å². The number of nitrogens with one attached hydrogen (secondary N) is 2. The normalized spacial score (nSPS) is 11.6. The van der Waals surface area contributed by atoms with Crippen LogP contribution in [-0.4, -0.2) is 14.2 Å². The molecule has 7 heteroatoms. The molecule has 0 saturated carbocycles. The first kappa shape index (κ1) is 17.4. The van der Waals surface area contributed by atoms with E-state index in [-0.39, 0.29) is 10.7 Å². The first-order valence-corrected chi connectivity index (χ1v) is 8.96. The fourth-order valence-electron chi connectivity index (χ4n) is 1.72. The summed E-state index contributed by atoms with van der Waals surface area (Å²) in [5.41, 5.74) is 3.88. The number of benzene rings is 2. The van der Waals surface area contributed by atoms with Gasteiger partial charge in [-0.15, -0.1) is 4.83 Å². The van der Waals surface area contributed by atoms with Crippen LogP contribution in [0.15, 0.2) is 70.2 Å². The number of sulfonamides is 1. The van der Waals surface area contributed by atoms with Crippen LogP contribution >= 0.6 is 15.9 Å². The van der Waals surface area contributed by atoms with Crippen molar-refractivity contribution in [1.29, 1.82) is 0 Å². The molecular weight excluding hydrogens is 380 g/mol. The van der Waals surface area contributed by atoms with Gasteiger partial charge in [0.2, 0.25) is 0 Å². The molecule has 0 bridgehead atoms. The molecule has 2 aromatic rings. The van der Waals surface area contributed by atoms with Crippen LogP contribution in [0.2, 0.25) is 0 Å². The summed E-state index contributed by atoms with van der Waals surface area (Å²) in [5, 5.41) is 0. The Bertz CT molecular complexity index is 813. The van der Waals surface area contributed by atoms with Crippen molar-refractivity contribution in [3.8, 4) is 0 Å². The third-order valence-corrected chi connectivity index (χ3v) is 4.78. The quantitative estimate of drug-likeness (QED) is 0.448. The standard InChI is InChI=1S/C16H15BrN2O3S/c1-12-2-8-15(9-3-12)23(21,22)19-18-11-10-16(20)13-4-6-14(17)7-5-13/h2-11,18-19H,1H3/b11-10+. The Morgan fingerprint density at radius 2 is 1.65 bits per heavy atom. The highest BCUT2D eigenvalue weighted by molar-refractivity contribution is 9.10. The van der Waals surface area contributed by atoms with Gasteiger partial charge in [-0.1, -0.05) is 33.6 Å². The van der Waals surface area contributed by atoms with E-state index in [1.54, 1.807) is 36.4 Å². The first-order chi connectivity index (χ1) is 10.9. The number of carbonyl (C=O) groups excluding carboxylic acids is 1. The van der Waals surface area contributed by atoms with Crippen LogP contribution in [0, 0.1) is 6.92 Å². The number of allylic oxidation sites excluding steroid dienone is 1. The third kappa shape index (κ3) is 5.02. The van der Waals surface area contributed by atoms with Crippen molar-refractivity contribution in [3.05, 3.63) is 76.4 Å². The molecule has 0 spiro atoms. The molecule has 2 rings (SSSR count). The van der Waals surface area contributed by atoms with Crippen molar-refractivity contribution in [2.45, 2.75) is 11.8 Å². The van der Waals surface area contributed by atoms with Gasteiger partial charge in [-0.05, 0) is 43.3 Å². The van der Waals surface area contributed by atoms with E-state index in [4.69, 9.17) is 0 Å². The van der Waals surface area contributed by atoms with Gasteiger partial charge in [0.25, 0.3) is 10.0 Å². The second-order valence-electron chi connectivity index (χ2n) is 4.77. The summed E-state index contributed by atoms with van der Waals surface area (Å²) >= 11 is 3.29. The Morgan fingerprint density at radius 1 is 1.04 bits per heavy atom. The van der Waals surface area contributed by atoms with Crippen molar-refractivity contribution in [1.82, 2.24) is 10.3 Å². The minimum atomic E-state index is -3.68. The van der Waals surface area contributed by atoms with Crippen LogP contribution < -0.4 is 10.3 Å². The number of hydrazine groups is 1. The summed E-state index contributed by atoms with van der Waals surface area (Å²) in [6, 6.07) is 13.3. The van der Waals surface area contributed by atoms with Gasteiger partial charge in [0.1, 0.15) is 0 Å². The fraction of sp³-hybridized carbons (Fsp3) is 0.0625. The summed E-state index contributed by atoms with van der Waals surface area (Å²) in [7, 11) is -3.68. The predicted molar refractivity (Wildman–Crippen MR) is 92.2 cm³/mol. The molecule has 0 amide bonds. The Morgan fingerprint density at radius 3 is 2.26 bits per heavy atom. The average Bonchev–Trinajstić information content (AvgIpc) is 2.52. The van der Waals surface area contributed by atoms with Gasteiger partial charge >= 0.3 is 0 Å². The number of ketones is 1. The third-order valence-electron chi connectivity index (χ3n) is 2.97. The summed E-state index contributed by atoms with van der Waals surface area (Å²) in [6.07, 6.45) is 2.50. The molecule has 2 aromatic carbocycles. The van der Waals surface area contributed by atoms with Crippen LogP contribution in [0.3, 0.4) is 0 Å². The molecular formula is C16H15BrN2O3S. The highest BCUT2D eigenvalue weighted by Crippen LogP contribution is 2.11. The average molecular weight is 395 g/mol. The van der Waals surface area contributed by atoms with Gasteiger partial charge in [0.05, 0.1) is 4.90 Å². The molecule has 0 heterocycles. The van der Waals surface area contributed by atoms with E-state index in [2.05, 4.69) is 26.2 Å². The lowest BCUT2D eigenvalue weighted by Crippen LogP contribution is -2.33. The van der Waals surface area contributed by atoms with E-state index >= 15 is 0 Å². The Hall–Kier alpha value is -1.96. The van der Waals surface area contributed by atoms with Gasteiger partial charge < -0.3 is 5.43 Å². The SMILES string of the molecule is Cc1ccc(S(=O)(=O)NN/C=C/C(=O)c2ccc(Br)cc2)cc1. The lowest BCUT2D eigenvalue weighted by molar-refractivity contribution is 0.104. The van der Waals surface area contributed by atoms with E-state index < -0.39 is 10.0 Å². The zero-order valence-corrected chi connectivity index (χ0v) is 14.7. The van der Waals surface area contributed by atoms with E-state index in [1.807, 2.05) is 6.92 Å². The van der Waals surface area contributed by atoms with Crippen molar-refractivity contribution in [2.75, 3.05) is 0 Å². The zero-order chi connectivity index (χ0) is 16.9. The second kappa shape index (κ2) is 7.54. The Kier molecular flexibility index (Phi) is 5.70. The van der Waals surface area contributed by atoms with Gasteiger partial charge in [0.15, 0.2) is 5.78 Å². The van der Waals surface area contributed by atoms with Gasteiger partial charge in [-0.2, -0.15) is 0 Å². The molecule has 2 N–H and O–H groups in total. The number of hydrogen-bond acceptors (Lipinski definition) is 4. The van der Waals surface area contributed by atoms with E-state index in [9.17, 15) is 13.2 Å². The maximum Gasteiger partial charge on any atom is 0.257 e. The number of aryl methyl sites for hydroxylation is 1. The van der Waals surface area contributed by atoms with Gasteiger partial charge in [0, 0.05) is 22.3 Å². The van der Waals surface area contributed by atoms with Crippen molar-refractivity contribution < 1.29 is 13.2 Å². The molecule has 0 unspecified atom stereocenters. The topological polar surface area (TPSA) is 75.3 Å². The molecule has 0 aliphatic heterocycles. The largest absolute Gasteiger partial charge is 0.315 e. The van der Waals surface area contributed by atoms with Gasteiger partial charge in [-0.25, -0.2) is 8.42 Å². The zero-order valence-electron chi connectivity index (χ0n) is 12.3. The monoisotopic (exact) mass is 394 g/mol. The molecule has 23 heavy (non-hydrogen) atoms.